The van der Waals surface area contributed by atoms with E-state index in [1.165, 1.54) is 7.11 Å². The third-order valence-corrected chi connectivity index (χ3v) is 5.45. The molecule has 32 heavy (non-hydrogen) atoms. The number of rotatable bonds is 7. The molecule has 0 unspecified atom stereocenters. The second-order valence-corrected chi connectivity index (χ2v) is 12.1. The SMILES string of the molecule is COc1nc(N)nc2c1ncn2[C@@H]1O[C@H](COC(C)(C)C)[C@@H](OC(C)(C)C)[C@@H]1O[Si](C)C. The highest BCUT2D eigenvalue weighted by atomic mass is 28.3. The Bertz CT molecular complexity index is 924. The first-order valence-electron chi connectivity index (χ1n) is 10.8. The first-order chi connectivity index (χ1) is 14.8. The van der Waals surface area contributed by atoms with Gasteiger partial charge in [-0.1, -0.05) is 0 Å². The predicted molar refractivity (Wildman–Crippen MR) is 123 cm³/mol. The number of hydrogen-bond donors (Lipinski definition) is 1. The lowest BCUT2D eigenvalue weighted by Crippen LogP contribution is -2.45. The van der Waals surface area contributed by atoms with Crippen LogP contribution in [0.2, 0.25) is 13.1 Å². The van der Waals surface area contributed by atoms with Crippen molar-refractivity contribution < 1.29 is 23.4 Å². The zero-order chi connectivity index (χ0) is 23.8. The van der Waals surface area contributed by atoms with Gasteiger partial charge in [0.1, 0.15) is 18.3 Å². The van der Waals surface area contributed by atoms with Crippen molar-refractivity contribution in [2.45, 2.75) is 90.4 Å². The molecular weight excluding hydrogens is 430 g/mol. The third-order valence-electron chi connectivity index (χ3n) is 4.70. The minimum atomic E-state index is -1.08. The molecule has 11 heteroatoms. The number of imidazole rings is 1. The zero-order valence-corrected chi connectivity index (χ0v) is 21.5. The number of hydrogen-bond acceptors (Lipinski definition) is 9. The van der Waals surface area contributed by atoms with E-state index in [9.17, 15) is 0 Å². The molecule has 1 radical (unpaired) electrons. The number of anilines is 1. The summed E-state index contributed by atoms with van der Waals surface area (Å²) >= 11 is 0. The first kappa shape index (κ1) is 24.8. The van der Waals surface area contributed by atoms with Gasteiger partial charge in [-0.05, 0) is 54.6 Å². The zero-order valence-electron chi connectivity index (χ0n) is 20.5. The number of ether oxygens (including phenoxy) is 4. The maximum absolute atomic E-state index is 6.52. The van der Waals surface area contributed by atoms with Gasteiger partial charge in [-0.3, -0.25) is 4.57 Å². The lowest BCUT2D eigenvalue weighted by atomic mass is 10.1. The molecule has 0 aromatic carbocycles. The van der Waals surface area contributed by atoms with Crippen LogP contribution in [0.15, 0.2) is 6.33 Å². The van der Waals surface area contributed by atoms with E-state index in [0.29, 0.717) is 23.7 Å². The van der Waals surface area contributed by atoms with Gasteiger partial charge < -0.3 is 29.1 Å². The molecule has 1 aliphatic heterocycles. The fourth-order valence-corrected chi connectivity index (χ4v) is 4.38. The molecule has 2 N–H and O–H groups in total. The average molecular weight is 467 g/mol. The number of fused-ring (bicyclic) bond motifs is 1. The van der Waals surface area contributed by atoms with E-state index >= 15 is 0 Å². The highest BCUT2D eigenvalue weighted by molar-refractivity contribution is 6.48. The minimum absolute atomic E-state index is 0.0948. The van der Waals surface area contributed by atoms with E-state index in [1.54, 1.807) is 6.33 Å². The maximum Gasteiger partial charge on any atom is 0.246 e. The molecule has 1 fully saturated rings. The quantitative estimate of drug-likeness (QED) is 0.615. The summed E-state index contributed by atoms with van der Waals surface area (Å²) < 4.78 is 32.7. The normalized spacial score (nSPS) is 24.6. The van der Waals surface area contributed by atoms with Gasteiger partial charge in [0.2, 0.25) is 20.9 Å². The lowest BCUT2D eigenvalue weighted by molar-refractivity contribution is -0.137. The molecule has 3 rings (SSSR count). The molecule has 179 valence electrons. The van der Waals surface area contributed by atoms with Gasteiger partial charge in [0, 0.05) is 0 Å². The summed E-state index contributed by atoms with van der Waals surface area (Å²) in [5.74, 6) is 0.407. The fraction of sp³-hybridized carbons (Fsp3) is 0.762. The summed E-state index contributed by atoms with van der Waals surface area (Å²) in [5.41, 5.74) is 6.23. The fourth-order valence-electron chi connectivity index (χ4n) is 3.58. The third kappa shape index (κ3) is 5.76. The van der Waals surface area contributed by atoms with Crippen LogP contribution in [0, 0.1) is 0 Å². The van der Waals surface area contributed by atoms with E-state index in [1.807, 2.05) is 46.1 Å². The Morgan fingerprint density at radius 2 is 1.78 bits per heavy atom. The Morgan fingerprint density at radius 1 is 1.09 bits per heavy atom. The Morgan fingerprint density at radius 3 is 2.34 bits per heavy atom. The molecule has 2 aromatic heterocycles. The van der Waals surface area contributed by atoms with Crippen LogP contribution in [-0.4, -0.2) is 71.8 Å². The van der Waals surface area contributed by atoms with E-state index < -0.39 is 20.9 Å². The van der Waals surface area contributed by atoms with Gasteiger partial charge in [0.05, 0.1) is 31.2 Å². The first-order valence-corrected chi connectivity index (χ1v) is 13.2. The molecule has 0 amide bonds. The highest BCUT2D eigenvalue weighted by Crippen LogP contribution is 2.38. The van der Waals surface area contributed by atoms with Gasteiger partial charge >= 0.3 is 0 Å². The Labute approximate surface area is 191 Å². The van der Waals surface area contributed by atoms with Crippen molar-refractivity contribution in [3.05, 3.63) is 6.33 Å². The number of nitrogens with two attached hydrogens (primary N) is 1. The Hall–Kier alpha value is -1.79. The number of aromatic nitrogens is 4. The second kappa shape index (κ2) is 9.22. The topological polar surface area (TPSA) is 116 Å². The molecule has 0 bridgehead atoms. The van der Waals surface area contributed by atoms with E-state index in [4.69, 9.17) is 29.1 Å². The molecular formula is C21H36N5O5Si. The average Bonchev–Trinajstić information content (AvgIpc) is 3.19. The maximum atomic E-state index is 6.52. The summed E-state index contributed by atoms with van der Waals surface area (Å²) in [6.45, 7) is 16.7. The van der Waals surface area contributed by atoms with Gasteiger partial charge in [0.15, 0.2) is 17.4 Å². The van der Waals surface area contributed by atoms with Crippen molar-refractivity contribution in [1.29, 1.82) is 0 Å². The van der Waals surface area contributed by atoms with Crippen LogP contribution in [0.1, 0.15) is 47.8 Å². The van der Waals surface area contributed by atoms with Crippen LogP contribution in [0.4, 0.5) is 5.95 Å². The molecule has 0 saturated carbocycles. The summed E-state index contributed by atoms with van der Waals surface area (Å²) in [5, 5.41) is 0. The van der Waals surface area contributed by atoms with Gasteiger partial charge in [-0.2, -0.15) is 9.97 Å². The van der Waals surface area contributed by atoms with Crippen LogP contribution in [0.3, 0.4) is 0 Å². The molecule has 0 aliphatic carbocycles. The van der Waals surface area contributed by atoms with Crippen LogP contribution < -0.4 is 10.5 Å². The van der Waals surface area contributed by atoms with Crippen LogP contribution in [-0.2, 0) is 18.6 Å². The minimum Gasteiger partial charge on any atom is -0.479 e. The monoisotopic (exact) mass is 466 g/mol. The van der Waals surface area contributed by atoms with Gasteiger partial charge in [-0.25, -0.2) is 4.98 Å². The van der Waals surface area contributed by atoms with Crippen molar-refractivity contribution in [3.63, 3.8) is 0 Å². The molecule has 1 aliphatic rings. The summed E-state index contributed by atoms with van der Waals surface area (Å²) in [6.07, 6.45) is 0.0523. The van der Waals surface area contributed by atoms with Crippen molar-refractivity contribution >= 4 is 26.2 Å². The number of nitrogen functional groups attached to an aromatic ring is 1. The molecule has 1 saturated heterocycles. The van der Waals surface area contributed by atoms with E-state index in [-0.39, 0.29) is 29.9 Å². The largest absolute Gasteiger partial charge is 0.479 e. The smallest absolute Gasteiger partial charge is 0.246 e. The predicted octanol–water partition coefficient (Wildman–Crippen LogP) is 2.95. The molecule has 10 nitrogen and oxygen atoms in total. The van der Waals surface area contributed by atoms with Crippen molar-refractivity contribution in [2.75, 3.05) is 19.5 Å². The van der Waals surface area contributed by atoms with Crippen LogP contribution in [0.25, 0.3) is 11.2 Å². The summed E-state index contributed by atoms with van der Waals surface area (Å²) in [6, 6.07) is 0. The highest BCUT2D eigenvalue weighted by Gasteiger charge is 2.49. The molecule has 3 heterocycles. The summed E-state index contributed by atoms with van der Waals surface area (Å²) in [4.78, 5) is 13.0. The number of methoxy groups -OCH3 is 1. The van der Waals surface area contributed by atoms with Crippen molar-refractivity contribution in [2.24, 2.45) is 0 Å². The van der Waals surface area contributed by atoms with E-state index in [2.05, 4.69) is 28.0 Å². The Balaban J connectivity index is 2.05. The number of nitrogens with zero attached hydrogens (tertiary/aromatic N) is 4. The standard InChI is InChI=1S/C21H36N5O5Si/c1-20(2,3)28-10-12-14(30-21(4,5)6)15(31-32(8)9)18(29-12)26-11-23-13-16(26)24-19(22)25-17(13)27-7/h11-12,14-15,18H,10H2,1-9H3,(H2,22,24,25)/t12-,14-,15+,18-/m1/s1. The van der Waals surface area contributed by atoms with Crippen molar-refractivity contribution in [1.82, 2.24) is 19.5 Å². The molecule has 2 aromatic rings. The van der Waals surface area contributed by atoms with Crippen LogP contribution >= 0.6 is 0 Å². The lowest BCUT2D eigenvalue weighted by Gasteiger charge is -2.33. The molecule has 0 spiro atoms. The van der Waals surface area contributed by atoms with Gasteiger partial charge in [0.25, 0.3) is 0 Å². The second-order valence-electron chi connectivity index (χ2n) is 10.1. The van der Waals surface area contributed by atoms with E-state index in [0.717, 1.165) is 0 Å². The Kier molecular flexibility index (Phi) is 7.16. The van der Waals surface area contributed by atoms with Crippen LogP contribution in [0.5, 0.6) is 5.88 Å². The summed E-state index contributed by atoms with van der Waals surface area (Å²) in [7, 11) is 0.438. The molecule has 4 atom stereocenters. The van der Waals surface area contributed by atoms with Crippen molar-refractivity contribution in [3.8, 4) is 5.88 Å². The van der Waals surface area contributed by atoms with Gasteiger partial charge in [-0.15, -0.1) is 0 Å².